The molecule has 2 heterocycles. The molecule has 1 fully saturated rings. The fourth-order valence-corrected chi connectivity index (χ4v) is 1.68. The number of anilines is 1. The van der Waals surface area contributed by atoms with Gasteiger partial charge in [-0.2, -0.15) is 0 Å². The van der Waals surface area contributed by atoms with Crippen LogP contribution in [0.5, 0.6) is 0 Å². The van der Waals surface area contributed by atoms with Gasteiger partial charge < -0.3 is 0 Å². The summed E-state index contributed by atoms with van der Waals surface area (Å²) in [5.41, 5.74) is 0.836. The second-order valence-corrected chi connectivity index (χ2v) is 3.94. The number of carbonyl (C=O) groups excluding carboxylic acids is 1. The van der Waals surface area contributed by atoms with Crippen molar-refractivity contribution in [3.8, 4) is 0 Å². The summed E-state index contributed by atoms with van der Waals surface area (Å²) >= 11 is 5.87. The Morgan fingerprint density at radius 2 is 2.29 bits per heavy atom. The maximum Gasteiger partial charge on any atom is 0.229 e. The Labute approximate surface area is 86.9 Å². The normalized spacial score (nSPS) is 21.7. The molecule has 74 valence electrons. The van der Waals surface area contributed by atoms with E-state index in [2.05, 4.69) is 9.97 Å². The molecule has 0 aromatic carbocycles. The standard InChI is InChI=1S/C9H10ClN3O/c1-6-3-12-8(4-11-6)13-5-7(10)2-9(13)14/h3-4,7H,2,5H2,1H3. The molecule has 0 saturated carbocycles. The van der Waals surface area contributed by atoms with Crippen molar-refractivity contribution in [2.75, 3.05) is 11.4 Å². The van der Waals surface area contributed by atoms with Crippen LogP contribution in [-0.4, -0.2) is 27.8 Å². The molecule has 0 spiro atoms. The van der Waals surface area contributed by atoms with E-state index in [0.717, 1.165) is 5.69 Å². The number of rotatable bonds is 1. The van der Waals surface area contributed by atoms with E-state index in [9.17, 15) is 4.79 Å². The van der Waals surface area contributed by atoms with Gasteiger partial charge >= 0.3 is 0 Å². The molecule has 1 aliphatic heterocycles. The number of aromatic nitrogens is 2. The van der Waals surface area contributed by atoms with Crippen molar-refractivity contribution in [3.05, 3.63) is 18.1 Å². The summed E-state index contributed by atoms with van der Waals surface area (Å²) in [6, 6.07) is 0. The van der Waals surface area contributed by atoms with Crippen LogP contribution in [0.25, 0.3) is 0 Å². The van der Waals surface area contributed by atoms with Crippen LogP contribution >= 0.6 is 11.6 Å². The molecule has 14 heavy (non-hydrogen) atoms. The highest BCUT2D eigenvalue weighted by atomic mass is 35.5. The van der Waals surface area contributed by atoms with Gasteiger partial charge in [0, 0.05) is 13.0 Å². The van der Waals surface area contributed by atoms with Gasteiger partial charge in [0.05, 0.1) is 23.5 Å². The monoisotopic (exact) mass is 211 g/mol. The highest BCUT2D eigenvalue weighted by Gasteiger charge is 2.29. The third-order valence-electron chi connectivity index (χ3n) is 2.12. The first-order valence-electron chi connectivity index (χ1n) is 4.40. The average molecular weight is 212 g/mol. The first kappa shape index (κ1) is 9.40. The Morgan fingerprint density at radius 3 is 2.79 bits per heavy atom. The minimum atomic E-state index is -0.106. The zero-order chi connectivity index (χ0) is 10.1. The fraction of sp³-hybridized carbons (Fsp3) is 0.444. The maximum atomic E-state index is 11.4. The smallest absolute Gasteiger partial charge is 0.229 e. The van der Waals surface area contributed by atoms with Gasteiger partial charge in [0.1, 0.15) is 0 Å². The number of carbonyl (C=O) groups is 1. The van der Waals surface area contributed by atoms with Crippen molar-refractivity contribution in [3.63, 3.8) is 0 Å². The lowest BCUT2D eigenvalue weighted by atomic mass is 10.4. The third-order valence-corrected chi connectivity index (χ3v) is 2.41. The summed E-state index contributed by atoms with van der Waals surface area (Å²) in [5, 5.41) is -0.106. The van der Waals surface area contributed by atoms with Gasteiger partial charge in [-0.05, 0) is 6.92 Å². The molecule has 5 heteroatoms. The minimum absolute atomic E-state index is 0.0168. The van der Waals surface area contributed by atoms with Gasteiger partial charge in [-0.3, -0.25) is 14.7 Å². The Bertz CT molecular complexity index is 352. The second kappa shape index (κ2) is 3.53. The van der Waals surface area contributed by atoms with E-state index >= 15 is 0 Å². The summed E-state index contributed by atoms with van der Waals surface area (Å²) in [7, 11) is 0. The van der Waals surface area contributed by atoms with Gasteiger partial charge in [0.25, 0.3) is 0 Å². The summed E-state index contributed by atoms with van der Waals surface area (Å²) in [6.07, 6.45) is 3.63. The number of amides is 1. The molecule has 4 nitrogen and oxygen atoms in total. The molecule has 0 N–H and O–H groups in total. The SMILES string of the molecule is Cc1cnc(N2CC(Cl)CC2=O)cn1. The maximum absolute atomic E-state index is 11.4. The van der Waals surface area contributed by atoms with Crippen LogP contribution in [0.3, 0.4) is 0 Å². The third kappa shape index (κ3) is 1.70. The highest BCUT2D eigenvalue weighted by Crippen LogP contribution is 2.21. The second-order valence-electron chi connectivity index (χ2n) is 3.32. The van der Waals surface area contributed by atoms with E-state index in [-0.39, 0.29) is 11.3 Å². The molecule has 0 aliphatic carbocycles. The first-order chi connectivity index (χ1) is 6.66. The van der Waals surface area contributed by atoms with Gasteiger partial charge in [-0.15, -0.1) is 11.6 Å². The van der Waals surface area contributed by atoms with Gasteiger partial charge in [0.15, 0.2) is 5.82 Å². The topological polar surface area (TPSA) is 46.1 Å². The van der Waals surface area contributed by atoms with Crippen molar-refractivity contribution < 1.29 is 4.79 Å². The van der Waals surface area contributed by atoms with Crippen LogP contribution in [-0.2, 0) is 4.79 Å². The van der Waals surface area contributed by atoms with Crippen LogP contribution < -0.4 is 4.90 Å². The van der Waals surface area contributed by atoms with Crippen molar-refractivity contribution in [2.45, 2.75) is 18.7 Å². The molecule has 1 aromatic heterocycles. The lowest BCUT2D eigenvalue weighted by Gasteiger charge is -2.13. The Hall–Kier alpha value is -1.16. The summed E-state index contributed by atoms with van der Waals surface area (Å²) in [4.78, 5) is 21.2. The van der Waals surface area contributed by atoms with Crippen molar-refractivity contribution in [1.29, 1.82) is 0 Å². The lowest BCUT2D eigenvalue weighted by molar-refractivity contribution is -0.117. The zero-order valence-electron chi connectivity index (χ0n) is 7.77. The molecular weight excluding hydrogens is 202 g/mol. The van der Waals surface area contributed by atoms with E-state index in [1.807, 2.05) is 6.92 Å². The number of nitrogens with zero attached hydrogens (tertiary/aromatic N) is 3. The summed E-state index contributed by atoms with van der Waals surface area (Å²) in [5.74, 6) is 0.604. The number of aryl methyl sites for hydroxylation is 1. The van der Waals surface area contributed by atoms with E-state index in [1.54, 1.807) is 17.3 Å². The number of hydrogen-bond acceptors (Lipinski definition) is 3. The Morgan fingerprint density at radius 1 is 1.50 bits per heavy atom. The zero-order valence-corrected chi connectivity index (χ0v) is 8.53. The van der Waals surface area contributed by atoms with Crippen LogP contribution in [0.1, 0.15) is 12.1 Å². The molecule has 0 bridgehead atoms. The van der Waals surface area contributed by atoms with Crippen LogP contribution in [0.15, 0.2) is 12.4 Å². The molecule has 1 atom stereocenters. The van der Waals surface area contributed by atoms with E-state index < -0.39 is 0 Å². The minimum Gasteiger partial charge on any atom is -0.294 e. The molecule has 2 rings (SSSR count). The van der Waals surface area contributed by atoms with Gasteiger partial charge in [-0.25, -0.2) is 4.98 Å². The van der Waals surface area contributed by atoms with Crippen molar-refractivity contribution in [1.82, 2.24) is 9.97 Å². The van der Waals surface area contributed by atoms with Crippen LogP contribution in [0, 0.1) is 6.92 Å². The summed E-state index contributed by atoms with van der Waals surface area (Å²) in [6.45, 7) is 2.38. The predicted molar refractivity (Wildman–Crippen MR) is 53.4 cm³/mol. The number of halogens is 1. The van der Waals surface area contributed by atoms with Crippen LogP contribution in [0.4, 0.5) is 5.82 Å². The Kier molecular flexibility index (Phi) is 2.37. The summed E-state index contributed by atoms with van der Waals surface area (Å²) < 4.78 is 0. The number of alkyl halides is 1. The van der Waals surface area contributed by atoms with Crippen molar-refractivity contribution in [2.24, 2.45) is 0 Å². The van der Waals surface area contributed by atoms with Crippen molar-refractivity contribution >= 4 is 23.3 Å². The molecule has 1 unspecified atom stereocenters. The van der Waals surface area contributed by atoms with Gasteiger partial charge in [-0.1, -0.05) is 0 Å². The molecule has 1 aliphatic rings. The lowest BCUT2D eigenvalue weighted by Crippen LogP contribution is -2.25. The Balaban J connectivity index is 2.23. The molecule has 1 amide bonds. The molecule has 1 aromatic rings. The highest BCUT2D eigenvalue weighted by molar-refractivity contribution is 6.24. The van der Waals surface area contributed by atoms with E-state index in [1.165, 1.54) is 0 Å². The quantitative estimate of drug-likeness (QED) is 0.655. The predicted octanol–water partition coefficient (Wildman–Crippen LogP) is 1.13. The molecule has 0 radical (unpaired) electrons. The van der Waals surface area contributed by atoms with Gasteiger partial charge in [0.2, 0.25) is 5.91 Å². The molecule has 1 saturated heterocycles. The van der Waals surface area contributed by atoms with E-state index in [0.29, 0.717) is 18.8 Å². The molecular formula is C9H10ClN3O. The van der Waals surface area contributed by atoms with E-state index in [4.69, 9.17) is 11.6 Å². The first-order valence-corrected chi connectivity index (χ1v) is 4.83. The average Bonchev–Trinajstić information content (AvgIpc) is 2.47. The largest absolute Gasteiger partial charge is 0.294 e. The number of hydrogen-bond donors (Lipinski definition) is 0. The van der Waals surface area contributed by atoms with Crippen LogP contribution in [0.2, 0.25) is 0 Å². The fourth-order valence-electron chi connectivity index (χ4n) is 1.41.